The Kier molecular flexibility index (Phi) is 5.22. The molecule has 0 atom stereocenters. The Hall–Kier alpha value is -2.25. The molecule has 2 heterocycles. The van der Waals surface area contributed by atoms with E-state index in [-0.39, 0.29) is 5.56 Å². The Balaban J connectivity index is 1.59. The van der Waals surface area contributed by atoms with E-state index in [1.165, 1.54) is 6.42 Å². The van der Waals surface area contributed by atoms with Crippen molar-refractivity contribution < 1.29 is 14.4 Å². The van der Waals surface area contributed by atoms with Crippen molar-refractivity contribution in [3.05, 3.63) is 35.7 Å². The van der Waals surface area contributed by atoms with Crippen LogP contribution in [0.3, 0.4) is 0 Å². The molecule has 0 amide bonds. The molecule has 1 aliphatic rings. The van der Waals surface area contributed by atoms with Gasteiger partial charge in [0.25, 0.3) is 0 Å². The van der Waals surface area contributed by atoms with Gasteiger partial charge < -0.3 is 14.5 Å². The van der Waals surface area contributed by atoms with Crippen LogP contribution in [0.2, 0.25) is 0 Å². The van der Waals surface area contributed by atoms with Crippen LogP contribution >= 0.6 is 0 Å². The van der Waals surface area contributed by atoms with Crippen molar-refractivity contribution in [1.82, 2.24) is 19.9 Å². The van der Waals surface area contributed by atoms with E-state index in [0.717, 1.165) is 38.3 Å². The maximum absolute atomic E-state index is 10.9. The number of hydrogen-bond acceptors (Lipinski definition) is 6. The summed E-state index contributed by atoms with van der Waals surface area (Å²) < 4.78 is 5.34. The maximum Gasteiger partial charge on any atom is 0.335 e. The Morgan fingerprint density at radius 3 is 2.46 bits per heavy atom. The summed E-state index contributed by atoms with van der Waals surface area (Å²) in [6.45, 7) is 8.17. The molecular formula is C17H22N4O3. The number of hydrogen-bond donors (Lipinski definition) is 1. The van der Waals surface area contributed by atoms with Crippen molar-refractivity contribution in [3.63, 3.8) is 0 Å². The van der Waals surface area contributed by atoms with Crippen LogP contribution < -0.4 is 0 Å². The van der Waals surface area contributed by atoms with Gasteiger partial charge in [-0.25, -0.2) is 4.79 Å². The first-order valence-electron chi connectivity index (χ1n) is 8.26. The molecule has 24 heavy (non-hydrogen) atoms. The molecule has 3 rings (SSSR count). The van der Waals surface area contributed by atoms with Crippen LogP contribution in [0.4, 0.5) is 0 Å². The van der Waals surface area contributed by atoms with E-state index in [1.807, 2.05) is 0 Å². The number of carboxylic acid groups (broad SMARTS) is 1. The summed E-state index contributed by atoms with van der Waals surface area (Å²) in [6, 6.07) is 6.48. The quantitative estimate of drug-likeness (QED) is 0.867. The first kappa shape index (κ1) is 16.6. The lowest BCUT2D eigenvalue weighted by Crippen LogP contribution is -2.46. The van der Waals surface area contributed by atoms with Gasteiger partial charge in [-0.3, -0.25) is 4.90 Å². The van der Waals surface area contributed by atoms with Crippen molar-refractivity contribution in [3.8, 4) is 11.4 Å². The Labute approximate surface area is 140 Å². The number of carbonyl (C=O) groups is 1. The number of aromatic nitrogens is 2. The van der Waals surface area contributed by atoms with Crippen LogP contribution in [0.25, 0.3) is 11.4 Å². The largest absolute Gasteiger partial charge is 0.478 e. The molecule has 0 saturated carbocycles. The molecule has 1 N–H and O–H groups in total. The van der Waals surface area contributed by atoms with Gasteiger partial charge in [0.2, 0.25) is 11.7 Å². The lowest BCUT2D eigenvalue weighted by molar-refractivity contribution is 0.0697. The second-order valence-corrected chi connectivity index (χ2v) is 6.01. The van der Waals surface area contributed by atoms with Crippen LogP contribution in [-0.2, 0) is 6.54 Å². The molecular weight excluding hydrogens is 308 g/mol. The Bertz CT molecular complexity index is 675. The van der Waals surface area contributed by atoms with Gasteiger partial charge in [0.15, 0.2) is 0 Å². The summed E-state index contributed by atoms with van der Waals surface area (Å²) in [5.74, 6) is 0.139. The highest BCUT2D eigenvalue weighted by molar-refractivity contribution is 5.88. The van der Waals surface area contributed by atoms with Crippen molar-refractivity contribution in [2.75, 3.05) is 32.7 Å². The van der Waals surface area contributed by atoms with E-state index in [0.29, 0.717) is 18.3 Å². The maximum atomic E-state index is 10.9. The van der Waals surface area contributed by atoms with E-state index < -0.39 is 5.97 Å². The van der Waals surface area contributed by atoms with Crippen LogP contribution in [0.1, 0.15) is 29.6 Å². The fourth-order valence-electron chi connectivity index (χ4n) is 2.88. The average Bonchev–Trinajstić information content (AvgIpc) is 3.05. The zero-order valence-electron chi connectivity index (χ0n) is 13.8. The smallest absolute Gasteiger partial charge is 0.335 e. The van der Waals surface area contributed by atoms with E-state index >= 15 is 0 Å². The number of aromatic carboxylic acids is 1. The zero-order valence-corrected chi connectivity index (χ0v) is 13.8. The first-order valence-corrected chi connectivity index (χ1v) is 8.26. The van der Waals surface area contributed by atoms with Gasteiger partial charge in [-0.1, -0.05) is 24.2 Å². The summed E-state index contributed by atoms with van der Waals surface area (Å²) in [4.78, 5) is 20.1. The molecule has 0 aliphatic carbocycles. The molecule has 7 nitrogen and oxygen atoms in total. The summed E-state index contributed by atoms with van der Waals surface area (Å²) in [6.07, 6.45) is 1.19. The third-order valence-electron chi connectivity index (χ3n) is 4.22. The summed E-state index contributed by atoms with van der Waals surface area (Å²) in [5.41, 5.74) is 0.996. The highest BCUT2D eigenvalue weighted by Gasteiger charge is 2.19. The van der Waals surface area contributed by atoms with Crippen molar-refractivity contribution >= 4 is 5.97 Å². The van der Waals surface area contributed by atoms with Gasteiger partial charge in [0.05, 0.1) is 12.1 Å². The van der Waals surface area contributed by atoms with Gasteiger partial charge in [-0.15, -0.1) is 0 Å². The molecule has 2 aromatic rings. The van der Waals surface area contributed by atoms with Gasteiger partial charge in [0.1, 0.15) is 0 Å². The molecule has 1 saturated heterocycles. The number of piperazine rings is 1. The second-order valence-electron chi connectivity index (χ2n) is 6.01. The average molecular weight is 330 g/mol. The lowest BCUT2D eigenvalue weighted by Gasteiger charge is -2.33. The number of rotatable bonds is 6. The summed E-state index contributed by atoms with van der Waals surface area (Å²) >= 11 is 0. The Morgan fingerprint density at radius 2 is 1.83 bits per heavy atom. The summed E-state index contributed by atoms with van der Waals surface area (Å²) in [7, 11) is 0. The van der Waals surface area contributed by atoms with E-state index in [1.54, 1.807) is 24.3 Å². The molecule has 128 valence electrons. The Morgan fingerprint density at radius 1 is 1.17 bits per heavy atom. The third-order valence-corrected chi connectivity index (χ3v) is 4.22. The predicted molar refractivity (Wildman–Crippen MR) is 88.7 cm³/mol. The first-order chi connectivity index (χ1) is 11.7. The van der Waals surface area contributed by atoms with Crippen molar-refractivity contribution in [1.29, 1.82) is 0 Å². The fraction of sp³-hybridized carbons (Fsp3) is 0.471. The highest BCUT2D eigenvalue weighted by Crippen LogP contribution is 2.17. The summed E-state index contributed by atoms with van der Waals surface area (Å²) in [5, 5.41) is 12.9. The number of benzene rings is 1. The minimum Gasteiger partial charge on any atom is -0.478 e. The van der Waals surface area contributed by atoms with E-state index in [2.05, 4.69) is 26.9 Å². The molecule has 1 fully saturated rings. The van der Waals surface area contributed by atoms with Gasteiger partial charge in [-0.05, 0) is 25.1 Å². The predicted octanol–water partition coefficient (Wildman–Crippen LogP) is 1.96. The van der Waals surface area contributed by atoms with Crippen LogP contribution in [0.5, 0.6) is 0 Å². The van der Waals surface area contributed by atoms with Gasteiger partial charge in [-0.2, -0.15) is 4.98 Å². The normalized spacial score (nSPS) is 16.4. The van der Waals surface area contributed by atoms with Crippen LogP contribution in [0, 0.1) is 0 Å². The monoisotopic (exact) mass is 330 g/mol. The molecule has 1 aromatic carbocycles. The van der Waals surface area contributed by atoms with Crippen LogP contribution in [0.15, 0.2) is 28.8 Å². The highest BCUT2D eigenvalue weighted by atomic mass is 16.5. The van der Waals surface area contributed by atoms with Crippen molar-refractivity contribution in [2.24, 2.45) is 0 Å². The van der Waals surface area contributed by atoms with E-state index in [9.17, 15) is 4.79 Å². The minimum atomic E-state index is -0.947. The fourth-order valence-corrected chi connectivity index (χ4v) is 2.88. The zero-order chi connectivity index (χ0) is 16.9. The van der Waals surface area contributed by atoms with Crippen LogP contribution in [-0.4, -0.2) is 63.7 Å². The molecule has 0 bridgehead atoms. The molecule has 0 unspecified atom stereocenters. The van der Waals surface area contributed by atoms with E-state index in [4.69, 9.17) is 9.63 Å². The molecule has 0 radical (unpaired) electrons. The topological polar surface area (TPSA) is 82.7 Å². The van der Waals surface area contributed by atoms with Gasteiger partial charge in [0, 0.05) is 31.7 Å². The minimum absolute atomic E-state index is 0.243. The van der Waals surface area contributed by atoms with Crippen molar-refractivity contribution in [2.45, 2.75) is 19.9 Å². The second kappa shape index (κ2) is 7.55. The molecule has 7 heteroatoms. The molecule has 1 aromatic heterocycles. The molecule has 1 aliphatic heterocycles. The standard InChI is InChI=1S/C17H22N4O3/c1-2-7-20-8-10-21(11-9-20)12-15-18-16(19-24-15)13-3-5-14(6-4-13)17(22)23/h3-6H,2,7-12H2,1H3,(H,22,23). The number of carboxylic acids is 1. The third kappa shape index (κ3) is 3.98. The van der Waals surface area contributed by atoms with Gasteiger partial charge >= 0.3 is 5.97 Å². The molecule has 0 spiro atoms. The SMILES string of the molecule is CCCN1CCN(Cc2nc(-c3ccc(C(=O)O)cc3)no2)CC1. The number of nitrogens with zero attached hydrogens (tertiary/aromatic N) is 4. The lowest BCUT2D eigenvalue weighted by atomic mass is 10.1.